The van der Waals surface area contributed by atoms with Crippen LogP contribution >= 0.6 is 23.4 Å². The van der Waals surface area contributed by atoms with Gasteiger partial charge in [-0.1, -0.05) is 28.9 Å². The molecule has 1 atom stereocenters. The summed E-state index contributed by atoms with van der Waals surface area (Å²) in [5.74, 6) is 2.29. The Kier molecular flexibility index (Phi) is 4.29. The van der Waals surface area contributed by atoms with Crippen LogP contribution in [-0.2, 0) is 13.6 Å². The van der Waals surface area contributed by atoms with E-state index in [0.29, 0.717) is 6.04 Å². The number of nitrogens with zero attached hydrogens (tertiary/aromatic N) is 4. The first kappa shape index (κ1) is 13.9. The zero-order valence-corrected chi connectivity index (χ0v) is 12.9. The number of hydrogen-bond acceptors (Lipinski definition) is 4. The Bertz CT molecular complexity index is 569. The minimum Gasteiger partial charge on any atom is -0.289 e. The van der Waals surface area contributed by atoms with Gasteiger partial charge in [0.05, 0.1) is 11.9 Å². The Hall–Kier alpha value is -1.04. The molecule has 1 saturated heterocycles. The summed E-state index contributed by atoms with van der Waals surface area (Å²) in [6, 6.07) is 8.64. The van der Waals surface area contributed by atoms with Crippen LogP contribution < -0.4 is 0 Å². The minimum absolute atomic E-state index is 0.431. The van der Waals surface area contributed by atoms with Crippen LogP contribution in [0, 0.1) is 0 Å². The van der Waals surface area contributed by atoms with Crippen LogP contribution in [0.5, 0.6) is 0 Å². The Labute approximate surface area is 128 Å². The summed E-state index contributed by atoms with van der Waals surface area (Å²) < 4.78 is 1.85. The van der Waals surface area contributed by atoms with E-state index in [1.54, 1.807) is 0 Å². The van der Waals surface area contributed by atoms with E-state index in [2.05, 4.69) is 27.3 Å². The monoisotopic (exact) mass is 308 g/mol. The van der Waals surface area contributed by atoms with E-state index in [9.17, 15) is 0 Å². The zero-order valence-electron chi connectivity index (χ0n) is 11.4. The van der Waals surface area contributed by atoms with Crippen LogP contribution in [-0.4, -0.2) is 37.9 Å². The maximum atomic E-state index is 5.98. The predicted octanol–water partition coefficient (Wildman–Crippen LogP) is 2.76. The van der Waals surface area contributed by atoms with E-state index < -0.39 is 0 Å². The third-order valence-corrected chi connectivity index (χ3v) is 4.94. The van der Waals surface area contributed by atoms with E-state index in [-0.39, 0.29) is 0 Å². The lowest BCUT2D eigenvalue weighted by Crippen LogP contribution is -2.36. The highest BCUT2D eigenvalue weighted by Crippen LogP contribution is 2.31. The molecule has 0 unspecified atom stereocenters. The first-order chi connectivity index (χ1) is 9.74. The lowest BCUT2D eigenvalue weighted by atomic mass is 10.1. The number of halogens is 1. The smallest absolute Gasteiger partial charge is 0.0738 e. The third-order valence-electron chi connectivity index (χ3n) is 3.67. The van der Waals surface area contributed by atoms with Gasteiger partial charge in [0.15, 0.2) is 0 Å². The summed E-state index contributed by atoms with van der Waals surface area (Å²) in [5, 5.41) is 8.76. The fraction of sp³-hybridized carbons (Fsp3) is 0.429. The Balaban J connectivity index is 1.80. The molecular weight excluding hydrogens is 292 g/mol. The van der Waals surface area contributed by atoms with Crippen molar-refractivity contribution in [2.75, 3.05) is 18.1 Å². The number of aromatic nitrogens is 3. The molecule has 0 N–H and O–H groups in total. The van der Waals surface area contributed by atoms with Gasteiger partial charge in [0.2, 0.25) is 0 Å². The standard InChI is InChI=1S/C14H17ClN4S/c1-18-13(8-16-17-18)9-19-6-7-20-10-14(19)11-2-4-12(15)5-3-11/h2-5,8,14H,6-7,9-10H2,1H3/t14-/m0/s1. The molecule has 6 heteroatoms. The highest BCUT2D eigenvalue weighted by Gasteiger charge is 2.25. The molecule has 1 aliphatic rings. The Morgan fingerprint density at radius 1 is 1.35 bits per heavy atom. The molecule has 0 aliphatic carbocycles. The summed E-state index contributed by atoms with van der Waals surface area (Å²) in [6.07, 6.45) is 1.85. The molecule has 0 saturated carbocycles. The molecule has 1 fully saturated rings. The van der Waals surface area contributed by atoms with Gasteiger partial charge in [-0.25, -0.2) is 0 Å². The fourth-order valence-corrected chi connectivity index (χ4v) is 3.76. The molecule has 4 nitrogen and oxygen atoms in total. The van der Waals surface area contributed by atoms with Crippen molar-refractivity contribution >= 4 is 23.4 Å². The summed E-state index contributed by atoms with van der Waals surface area (Å²) in [6.45, 7) is 1.97. The first-order valence-electron chi connectivity index (χ1n) is 6.65. The van der Waals surface area contributed by atoms with Crippen LogP contribution in [0.3, 0.4) is 0 Å². The summed E-state index contributed by atoms with van der Waals surface area (Å²) in [5.41, 5.74) is 2.48. The molecule has 3 rings (SSSR count). The molecule has 1 aromatic heterocycles. The molecule has 20 heavy (non-hydrogen) atoms. The largest absolute Gasteiger partial charge is 0.289 e. The normalized spacial score (nSPS) is 20.2. The highest BCUT2D eigenvalue weighted by atomic mass is 35.5. The average Bonchev–Trinajstić information content (AvgIpc) is 2.86. The number of aryl methyl sites for hydroxylation is 1. The van der Waals surface area contributed by atoms with E-state index in [4.69, 9.17) is 11.6 Å². The van der Waals surface area contributed by atoms with Crippen molar-refractivity contribution in [2.24, 2.45) is 7.05 Å². The molecule has 106 valence electrons. The number of rotatable bonds is 3. The average molecular weight is 309 g/mol. The third kappa shape index (κ3) is 3.00. The quantitative estimate of drug-likeness (QED) is 0.873. The number of hydrogen-bond donors (Lipinski definition) is 0. The van der Waals surface area contributed by atoms with Crippen molar-refractivity contribution in [3.05, 3.63) is 46.7 Å². The lowest BCUT2D eigenvalue weighted by molar-refractivity contribution is 0.206. The molecule has 0 radical (unpaired) electrons. The maximum Gasteiger partial charge on any atom is 0.0738 e. The van der Waals surface area contributed by atoms with Gasteiger partial charge >= 0.3 is 0 Å². The van der Waals surface area contributed by atoms with Crippen molar-refractivity contribution in [2.45, 2.75) is 12.6 Å². The van der Waals surface area contributed by atoms with Gasteiger partial charge in [0, 0.05) is 42.7 Å². The Morgan fingerprint density at radius 3 is 2.85 bits per heavy atom. The number of benzene rings is 1. The van der Waals surface area contributed by atoms with E-state index in [1.807, 2.05) is 41.8 Å². The topological polar surface area (TPSA) is 34.0 Å². The summed E-state index contributed by atoms with van der Waals surface area (Å²) >= 11 is 7.99. The van der Waals surface area contributed by atoms with Gasteiger partial charge in [-0.2, -0.15) is 11.8 Å². The van der Waals surface area contributed by atoms with E-state index in [1.165, 1.54) is 11.3 Å². The van der Waals surface area contributed by atoms with Crippen LogP contribution in [0.4, 0.5) is 0 Å². The summed E-state index contributed by atoms with van der Waals surface area (Å²) in [7, 11) is 1.94. The van der Waals surface area contributed by atoms with Crippen LogP contribution in [0.25, 0.3) is 0 Å². The second-order valence-corrected chi connectivity index (χ2v) is 6.55. The van der Waals surface area contributed by atoms with Crippen LogP contribution in [0.15, 0.2) is 30.5 Å². The fourth-order valence-electron chi connectivity index (χ4n) is 2.48. The van der Waals surface area contributed by atoms with Crippen molar-refractivity contribution in [1.29, 1.82) is 0 Å². The number of thioether (sulfide) groups is 1. The van der Waals surface area contributed by atoms with Gasteiger partial charge in [-0.3, -0.25) is 9.58 Å². The van der Waals surface area contributed by atoms with Gasteiger partial charge in [0.25, 0.3) is 0 Å². The van der Waals surface area contributed by atoms with Crippen LogP contribution in [0.1, 0.15) is 17.3 Å². The van der Waals surface area contributed by atoms with Crippen molar-refractivity contribution in [1.82, 2.24) is 19.9 Å². The second-order valence-electron chi connectivity index (χ2n) is 4.96. The lowest BCUT2D eigenvalue weighted by Gasteiger charge is -2.35. The molecule has 1 aliphatic heterocycles. The molecule has 0 bridgehead atoms. The van der Waals surface area contributed by atoms with Gasteiger partial charge in [-0.15, -0.1) is 5.10 Å². The van der Waals surface area contributed by atoms with E-state index >= 15 is 0 Å². The van der Waals surface area contributed by atoms with Gasteiger partial charge in [0.1, 0.15) is 0 Å². The molecule has 0 amide bonds. The second kappa shape index (κ2) is 6.16. The van der Waals surface area contributed by atoms with Crippen molar-refractivity contribution in [3.63, 3.8) is 0 Å². The molecule has 2 aromatic rings. The van der Waals surface area contributed by atoms with Crippen LogP contribution in [0.2, 0.25) is 5.02 Å². The van der Waals surface area contributed by atoms with E-state index in [0.717, 1.165) is 29.6 Å². The maximum absolute atomic E-state index is 5.98. The summed E-state index contributed by atoms with van der Waals surface area (Å²) in [4.78, 5) is 2.50. The van der Waals surface area contributed by atoms with Crippen molar-refractivity contribution in [3.8, 4) is 0 Å². The molecular formula is C14H17ClN4S. The van der Waals surface area contributed by atoms with Crippen molar-refractivity contribution < 1.29 is 0 Å². The Morgan fingerprint density at radius 2 is 2.15 bits per heavy atom. The molecule has 0 spiro atoms. The molecule has 1 aromatic carbocycles. The van der Waals surface area contributed by atoms with Gasteiger partial charge in [-0.05, 0) is 17.7 Å². The predicted molar refractivity (Wildman–Crippen MR) is 82.9 cm³/mol. The van der Waals surface area contributed by atoms with Gasteiger partial charge < -0.3 is 0 Å². The first-order valence-corrected chi connectivity index (χ1v) is 8.18. The minimum atomic E-state index is 0.431. The SMILES string of the molecule is Cn1nncc1CN1CCSC[C@H]1c1ccc(Cl)cc1. The highest BCUT2D eigenvalue weighted by molar-refractivity contribution is 7.99. The molecule has 2 heterocycles. The zero-order chi connectivity index (χ0) is 13.9.